The molecule has 0 fully saturated rings. The molecule has 3 heterocycles. The van der Waals surface area contributed by atoms with E-state index >= 15 is 0 Å². The van der Waals surface area contributed by atoms with Crippen molar-refractivity contribution in [1.82, 2.24) is 0 Å². The highest BCUT2D eigenvalue weighted by Gasteiger charge is 2.33. The Morgan fingerprint density at radius 3 is 1.24 bits per heavy atom. The highest BCUT2D eigenvalue weighted by molar-refractivity contribution is 6.75. The summed E-state index contributed by atoms with van der Waals surface area (Å²) in [5.41, 5.74) is 7.32. The molecule has 0 saturated carbocycles. The zero-order valence-electron chi connectivity index (χ0n) is 35.6. The summed E-state index contributed by atoms with van der Waals surface area (Å²) in [6.45, 7) is 13.3. The predicted molar refractivity (Wildman–Crippen MR) is 261 cm³/mol. The van der Waals surface area contributed by atoms with E-state index in [0.29, 0.717) is 0 Å². The van der Waals surface area contributed by atoms with Gasteiger partial charge >= 0.3 is 0 Å². The van der Waals surface area contributed by atoms with Crippen LogP contribution in [0, 0.1) is 0 Å². The lowest BCUT2D eigenvalue weighted by atomic mass is 9.96. The van der Waals surface area contributed by atoms with E-state index < -0.39 is 25.2 Å². The first-order chi connectivity index (χ1) is 29.9. The highest BCUT2D eigenvalue weighted by atomic mass is 28.4. The van der Waals surface area contributed by atoms with Gasteiger partial charge in [-0.15, -0.1) is 0 Å². The van der Waals surface area contributed by atoms with Crippen LogP contribution in [0.1, 0.15) is 0 Å². The van der Waals surface area contributed by atoms with Crippen molar-refractivity contribution in [3.8, 4) is 22.3 Å². The van der Waals surface area contributed by atoms with Crippen molar-refractivity contribution in [1.29, 1.82) is 0 Å². The van der Waals surface area contributed by atoms with Crippen LogP contribution in [0.3, 0.4) is 0 Å². The van der Waals surface area contributed by atoms with Gasteiger partial charge in [0.2, 0.25) is 0 Å². The monoisotopic (exact) mass is 849 g/mol. The first kappa shape index (κ1) is 37.1. The number of nitrogens with zero attached hydrogens (tertiary/aromatic N) is 7. The molecule has 9 aromatic carbocycles. The third-order valence-corrected chi connectivity index (χ3v) is 17.1. The molecule has 0 N–H and O–H groups in total. The molecule has 9 aromatic rings. The standard InChI is InChI=1S/C52H43N7Si3/c1-60(2)53-44-16-11-17-45(50(44)56-60)59(46-28-26-40(48-51(46)57-61(3,4)54-48)36-24-22-34-20-18-32-12-7-9-14-38(32)42(34)30-36)47-29-27-41(49-52(47)58-62(5,6)55-49)37-25-23-35-21-19-33-13-8-10-15-39(33)43(35)31-37/h7-31H,1-6H3. The van der Waals surface area contributed by atoms with E-state index in [2.05, 4.69) is 196 Å². The molecule has 10 heteroatoms. The molecule has 0 atom stereocenters. The van der Waals surface area contributed by atoms with Gasteiger partial charge in [-0.25, -0.2) is 0 Å². The summed E-state index contributed by atoms with van der Waals surface area (Å²) in [5, 5.41) is 15.4. The Labute approximate surface area is 361 Å². The maximum Gasteiger partial charge on any atom is 0.298 e. The largest absolute Gasteiger partial charge is 0.304 e. The summed E-state index contributed by atoms with van der Waals surface area (Å²) in [7, 11) is -7.08. The van der Waals surface area contributed by atoms with Crippen molar-refractivity contribution in [2.45, 2.75) is 39.3 Å². The van der Waals surface area contributed by atoms with Crippen LogP contribution in [0.5, 0.6) is 0 Å². The first-order valence-electron chi connectivity index (χ1n) is 21.4. The molecular weight excluding hydrogens is 807 g/mol. The SMILES string of the molecule is C[Si]1(C)N=c2cccc(N(c3ccc(-c4ccc5ccc6ccccc6c5c4)c4c3=N[Si](C)(C)N=4)c3ccc(-c4ccc5ccc6ccccc6c5c4)c4c3=N[Si](C)(C)N=4)c2=N1. The maximum atomic E-state index is 5.56. The van der Waals surface area contributed by atoms with Gasteiger partial charge in [0.25, 0.3) is 25.2 Å². The number of anilines is 3. The second-order valence-corrected chi connectivity index (χ2v) is 28.5. The molecule has 62 heavy (non-hydrogen) atoms. The molecule has 3 aliphatic rings. The van der Waals surface area contributed by atoms with E-state index in [1.165, 1.54) is 43.1 Å². The third kappa shape index (κ3) is 5.88. The summed E-state index contributed by atoms with van der Waals surface area (Å²) >= 11 is 0. The Morgan fingerprint density at radius 2 is 0.726 bits per heavy atom. The van der Waals surface area contributed by atoms with E-state index in [0.717, 1.165) is 71.5 Å². The third-order valence-electron chi connectivity index (χ3n) is 12.4. The van der Waals surface area contributed by atoms with Gasteiger partial charge in [0.15, 0.2) is 0 Å². The lowest BCUT2D eigenvalue weighted by Gasteiger charge is -2.26. The van der Waals surface area contributed by atoms with Crippen molar-refractivity contribution < 1.29 is 0 Å². The van der Waals surface area contributed by atoms with Crippen LogP contribution in [0.2, 0.25) is 39.3 Å². The molecule has 0 bridgehead atoms. The van der Waals surface area contributed by atoms with Gasteiger partial charge in [-0.05, 0) is 130 Å². The molecule has 0 radical (unpaired) electrons. The second-order valence-electron chi connectivity index (χ2n) is 18.2. The molecule has 0 aromatic heterocycles. The Kier molecular flexibility index (Phi) is 7.85. The van der Waals surface area contributed by atoms with Crippen molar-refractivity contribution in [2.24, 2.45) is 27.9 Å². The van der Waals surface area contributed by atoms with E-state index in [1.807, 2.05) is 0 Å². The van der Waals surface area contributed by atoms with E-state index in [4.69, 9.17) is 27.9 Å². The number of hydrogen-bond donors (Lipinski definition) is 0. The van der Waals surface area contributed by atoms with E-state index in [-0.39, 0.29) is 0 Å². The molecule has 0 saturated heterocycles. The fourth-order valence-corrected chi connectivity index (χ4v) is 14.6. The molecule has 0 aliphatic carbocycles. The van der Waals surface area contributed by atoms with Crippen LogP contribution in [-0.4, -0.2) is 25.2 Å². The average molecular weight is 850 g/mol. The fraction of sp³-hybridized carbons (Fsp3) is 0.115. The average Bonchev–Trinajstić information content (AvgIpc) is 3.90. The molecule has 3 aliphatic heterocycles. The van der Waals surface area contributed by atoms with Crippen LogP contribution in [-0.2, 0) is 0 Å². The van der Waals surface area contributed by atoms with Crippen LogP contribution in [0.15, 0.2) is 180 Å². The minimum Gasteiger partial charge on any atom is -0.304 e. The summed E-state index contributed by atoms with van der Waals surface area (Å²) in [5.74, 6) is 0. The van der Waals surface area contributed by atoms with Crippen molar-refractivity contribution in [3.05, 3.63) is 184 Å². The summed E-state index contributed by atoms with van der Waals surface area (Å²) in [4.78, 5) is 2.35. The summed E-state index contributed by atoms with van der Waals surface area (Å²) < 4.78 is 32.7. The summed E-state index contributed by atoms with van der Waals surface area (Å²) in [6.07, 6.45) is 0. The van der Waals surface area contributed by atoms with Crippen molar-refractivity contribution >= 4 is 85.3 Å². The molecular formula is C52H43N7Si3. The Balaban J connectivity index is 1.12. The molecule has 0 unspecified atom stereocenters. The van der Waals surface area contributed by atoms with Crippen molar-refractivity contribution in [3.63, 3.8) is 0 Å². The maximum absolute atomic E-state index is 5.56. The summed E-state index contributed by atoms with van der Waals surface area (Å²) in [6, 6.07) is 55.1. The zero-order valence-corrected chi connectivity index (χ0v) is 38.6. The van der Waals surface area contributed by atoms with Crippen LogP contribution in [0.25, 0.3) is 65.3 Å². The number of rotatable bonds is 5. The number of fused-ring (bicyclic) bond motifs is 9. The Morgan fingerprint density at radius 1 is 0.323 bits per heavy atom. The van der Waals surface area contributed by atoms with E-state index in [1.54, 1.807) is 0 Å². The zero-order chi connectivity index (χ0) is 42.1. The number of benzene rings is 9. The predicted octanol–water partition coefficient (Wildman–Crippen LogP) is 9.97. The van der Waals surface area contributed by atoms with Crippen molar-refractivity contribution in [2.75, 3.05) is 4.90 Å². The topological polar surface area (TPSA) is 77.4 Å². The Hall–Kier alpha value is -6.73. The van der Waals surface area contributed by atoms with E-state index in [9.17, 15) is 0 Å². The van der Waals surface area contributed by atoms with Gasteiger partial charge in [0.1, 0.15) is 0 Å². The quantitative estimate of drug-likeness (QED) is 0.126. The van der Waals surface area contributed by atoms with Gasteiger partial charge in [0.05, 0.1) is 49.2 Å². The molecule has 12 rings (SSSR count). The van der Waals surface area contributed by atoms with Crippen LogP contribution >= 0.6 is 0 Å². The van der Waals surface area contributed by atoms with Gasteiger partial charge in [-0.3, -0.25) is 27.9 Å². The second kappa shape index (κ2) is 13.1. The lowest BCUT2D eigenvalue weighted by Crippen LogP contribution is -2.38. The van der Waals surface area contributed by atoms with Crippen LogP contribution in [0.4, 0.5) is 17.1 Å². The fourth-order valence-electron chi connectivity index (χ4n) is 9.78. The normalized spacial score (nSPS) is 16.1. The van der Waals surface area contributed by atoms with Gasteiger partial charge in [-0.1, -0.05) is 115 Å². The van der Waals surface area contributed by atoms with Gasteiger partial charge < -0.3 is 4.90 Å². The minimum atomic E-state index is -2.41. The molecule has 298 valence electrons. The van der Waals surface area contributed by atoms with Gasteiger partial charge in [-0.2, -0.15) is 0 Å². The number of hydrogen-bond acceptors (Lipinski definition) is 7. The smallest absolute Gasteiger partial charge is 0.298 e. The molecule has 7 nitrogen and oxygen atoms in total. The van der Waals surface area contributed by atoms with Gasteiger partial charge in [0, 0.05) is 11.1 Å². The molecule has 0 spiro atoms. The Bertz CT molecular complexity index is 3670. The minimum absolute atomic E-state index is 0.909. The van der Waals surface area contributed by atoms with Crippen LogP contribution < -0.4 is 37.0 Å². The first-order valence-corrected chi connectivity index (χ1v) is 30.1. The lowest BCUT2D eigenvalue weighted by molar-refractivity contribution is 1.17. The highest BCUT2D eigenvalue weighted by Crippen LogP contribution is 2.35. The molecule has 0 amide bonds.